The molecule has 1 atom stereocenters. The number of aryl methyl sites for hydroxylation is 1. The Morgan fingerprint density at radius 1 is 1.14 bits per heavy atom. The number of nitrogens with zero attached hydrogens (tertiary/aromatic N) is 2. The molecule has 0 spiro atoms. The van der Waals surface area contributed by atoms with Crippen molar-refractivity contribution in [2.24, 2.45) is 0 Å². The highest BCUT2D eigenvalue weighted by atomic mass is 32.1. The number of halogens is 1. The van der Waals surface area contributed by atoms with Crippen LogP contribution in [-0.4, -0.2) is 20.6 Å². The zero-order chi connectivity index (χ0) is 19.8. The van der Waals surface area contributed by atoms with Crippen LogP contribution in [0.1, 0.15) is 16.5 Å². The molecule has 2 heterocycles. The number of rotatable bonds is 4. The first kappa shape index (κ1) is 18.1. The number of fused-ring (bicyclic) bond motifs is 1. The second-order valence-corrected chi connectivity index (χ2v) is 7.53. The van der Waals surface area contributed by atoms with Gasteiger partial charge >= 0.3 is 5.97 Å². The predicted molar refractivity (Wildman–Crippen MR) is 106 cm³/mol. The number of carboxylic acid groups (broad SMARTS) is 1. The zero-order valence-corrected chi connectivity index (χ0v) is 15.6. The Bertz CT molecular complexity index is 1230. The van der Waals surface area contributed by atoms with E-state index in [1.165, 1.54) is 29.8 Å². The van der Waals surface area contributed by atoms with Crippen LogP contribution in [0.15, 0.2) is 65.7 Å². The number of thiophene rings is 1. The molecule has 4 aromatic rings. The maximum Gasteiger partial charge on any atom is 0.331 e. The van der Waals surface area contributed by atoms with E-state index in [4.69, 9.17) is 0 Å². The van der Waals surface area contributed by atoms with Gasteiger partial charge in [0.1, 0.15) is 17.0 Å². The predicted octanol–water partition coefficient (Wildman–Crippen LogP) is 4.25. The third kappa shape index (κ3) is 2.99. The summed E-state index contributed by atoms with van der Waals surface area (Å²) in [7, 11) is 0. The monoisotopic (exact) mass is 394 g/mol. The number of hydrogen-bond donors (Lipinski definition) is 1. The van der Waals surface area contributed by atoms with E-state index >= 15 is 0 Å². The lowest BCUT2D eigenvalue weighted by molar-refractivity contribution is -0.139. The van der Waals surface area contributed by atoms with E-state index in [1.54, 1.807) is 42.5 Å². The van der Waals surface area contributed by atoms with Crippen LogP contribution in [0.25, 0.3) is 21.3 Å². The Labute approximate surface area is 163 Å². The summed E-state index contributed by atoms with van der Waals surface area (Å²) in [5.41, 5.74) is 1.39. The lowest BCUT2D eigenvalue weighted by Gasteiger charge is -2.16. The highest BCUT2D eigenvalue weighted by Crippen LogP contribution is 2.35. The number of aromatic nitrogens is 2. The first-order chi connectivity index (χ1) is 13.5. The zero-order valence-electron chi connectivity index (χ0n) is 14.8. The quantitative estimate of drug-likeness (QED) is 0.562. The Morgan fingerprint density at radius 3 is 2.46 bits per heavy atom. The first-order valence-electron chi connectivity index (χ1n) is 8.51. The highest BCUT2D eigenvalue weighted by Gasteiger charge is 2.26. The minimum atomic E-state index is -1.19. The third-order valence-corrected chi connectivity index (χ3v) is 5.59. The van der Waals surface area contributed by atoms with E-state index in [0.717, 1.165) is 9.44 Å². The Morgan fingerprint density at radius 2 is 1.82 bits per heavy atom. The molecule has 4 rings (SSSR count). The SMILES string of the molecule is Cc1sc2ncn(C(C(=O)O)c3ccccc3)c(=O)c2c1-c1ccc(F)cc1. The topological polar surface area (TPSA) is 72.2 Å². The fourth-order valence-corrected chi connectivity index (χ4v) is 4.32. The number of carbonyl (C=O) groups is 1. The minimum absolute atomic E-state index is 0.346. The van der Waals surface area contributed by atoms with Crippen LogP contribution in [0, 0.1) is 12.7 Å². The molecule has 1 N–H and O–H groups in total. The van der Waals surface area contributed by atoms with Gasteiger partial charge in [-0.3, -0.25) is 9.36 Å². The molecule has 1 unspecified atom stereocenters. The van der Waals surface area contributed by atoms with Crippen LogP contribution >= 0.6 is 11.3 Å². The molecule has 0 fully saturated rings. The molecule has 28 heavy (non-hydrogen) atoms. The van der Waals surface area contributed by atoms with Crippen molar-refractivity contribution < 1.29 is 14.3 Å². The second kappa shape index (κ2) is 7.01. The molecular weight excluding hydrogens is 379 g/mol. The molecule has 7 heteroatoms. The van der Waals surface area contributed by atoms with E-state index in [-0.39, 0.29) is 5.82 Å². The van der Waals surface area contributed by atoms with Crippen molar-refractivity contribution in [1.29, 1.82) is 0 Å². The van der Waals surface area contributed by atoms with Crippen molar-refractivity contribution in [3.8, 4) is 11.1 Å². The van der Waals surface area contributed by atoms with Gasteiger partial charge in [-0.05, 0) is 30.2 Å². The first-order valence-corrected chi connectivity index (χ1v) is 9.33. The maximum absolute atomic E-state index is 13.3. The largest absolute Gasteiger partial charge is 0.479 e. The van der Waals surface area contributed by atoms with E-state index < -0.39 is 17.6 Å². The molecule has 2 aromatic heterocycles. The van der Waals surface area contributed by atoms with E-state index in [1.807, 2.05) is 6.92 Å². The Balaban J connectivity index is 1.98. The molecule has 0 radical (unpaired) electrons. The summed E-state index contributed by atoms with van der Waals surface area (Å²) in [6.07, 6.45) is 1.28. The number of aliphatic carboxylic acids is 1. The van der Waals surface area contributed by atoms with Gasteiger partial charge in [0.2, 0.25) is 0 Å². The third-order valence-electron chi connectivity index (χ3n) is 4.57. The molecule has 140 valence electrons. The van der Waals surface area contributed by atoms with E-state index in [0.29, 0.717) is 26.9 Å². The molecule has 0 amide bonds. The summed E-state index contributed by atoms with van der Waals surface area (Å²) in [6, 6.07) is 13.2. The summed E-state index contributed by atoms with van der Waals surface area (Å²) in [5, 5.41) is 10.1. The van der Waals surface area contributed by atoms with Gasteiger partial charge in [0.15, 0.2) is 6.04 Å². The average Bonchev–Trinajstić information content (AvgIpc) is 3.02. The van der Waals surface area contributed by atoms with E-state index in [9.17, 15) is 19.1 Å². The lowest BCUT2D eigenvalue weighted by Crippen LogP contribution is -2.30. The molecule has 0 aliphatic rings. The second-order valence-electron chi connectivity index (χ2n) is 6.33. The molecule has 0 aliphatic carbocycles. The summed E-state index contributed by atoms with van der Waals surface area (Å²) >= 11 is 1.35. The smallest absolute Gasteiger partial charge is 0.331 e. The van der Waals surface area contributed by atoms with Crippen LogP contribution in [0.4, 0.5) is 4.39 Å². The van der Waals surface area contributed by atoms with Gasteiger partial charge in [0, 0.05) is 10.4 Å². The van der Waals surface area contributed by atoms with Gasteiger partial charge in [0.05, 0.1) is 5.39 Å². The summed E-state index contributed by atoms with van der Waals surface area (Å²) in [4.78, 5) is 31.0. The van der Waals surface area contributed by atoms with Crippen molar-refractivity contribution >= 4 is 27.5 Å². The van der Waals surface area contributed by atoms with Crippen LogP contribution in [0.5, 0.6) is 0 Å². The van der Waals surface area contributed by atoms with Crippen LogP contribution in [0.2, 0.25) is 0 Å². The van der Waals surface area contributed by atoms with Gasteiger partial charge in [-0.2, -0.15) is 0 Å². The van der Waals surface area contributed by atoms with Crippen molar-refractivity contribution in [2.75, 3.05) is 0 Å². The lowest BCUT2D eigenvalue weighted by atomic mass is 10.0. The standard InChI is InChI=1S/C21H15FN2O3S/c1-12-16(13-7-9-15(22)10-8-13)17-19(28-12)23-11-24(20(17)25)18(21(26)27)14-5-3-2-4-6-14/h2-11,18H,1H3,(H,26,27). The highest BCUT2D eigenvalue weighted by molar-refractivity contribution is 7.19. The van der Waals surface area contributed by atoms with Crippen molar-refractivity contribution in [1.82, 2.24) is 9.55 Å². The Hall–Kier alpha value is -3.32. The van der Waals surface area contributed by atoms with Gasteiger partial charge in [-0.1, -0.05) is 42.5 Å². The van der Waals surface area contributed by atoms with Gasteiger partial charge < -0.3 is 5.11 Å². The van der Waals surface area contributed by atoms with Gasteiger partial charge in [-0.25, -0.2) is 14.2 Å². The fraction of sp³-hybridized carbons (Fsp3) is 0.0952. The molecule has 2 aromatic carbocycles. The Kier molecular flexibility index (Phi) is 4.52. The normalized spacial score (nSPS) is 12.2. The number of benzene rings is 2. The fourth-order valence-electron chi connectivity index (χ4n) is 3.32. The van der Waals surface area contributed by atoms with E-state index in [2.05, 4.69) is 4.98 Å². The summed E-state index contributed by atoms with van der Waals surface area (Å²) in [5.74, 6) is -1.52. The van der Waals surface area contributed by atoms with Crippen LogP contribution in [-0.2, 0) is 4.79 Å². The number of carboxylic acids is 1. The van der Waals surface area contributed by atoms with Crippen molar-refractivity contribution in [2.45, 2.75) is 13.0 Å². The van der Waals surface area contributed by atoms with Gasteiger partial charge in [0.25, 0.3) is 5.56 Å². The van der Waals surface area contributed by atoms with Gasteiger partial charge in [-0.15, -0.1) is 11.3 Å². The molecular formula is C21H15FN2O3S. The van der Waals surface area contributed by atoms with Crippen LogP contribution in [0.3, 0.4) is 0 Å². The molecule has 0 bridgehead atoms. The van der Waals surface area contributed by atoms with Crippen molar-refractivity contribution in [3.05, 3.63) is 87.5 Å². The molecule has 0 aliphatic heterocycles. The summed E-state index contributed by atoms with van der Waals surface area (Å²) < 4.78 is 14.5. The van der Waals surface area contributed by atoms with Crippen molar-refractivity contribution in [3.63, 3.8) is 0 Å². The molecule has 0 saturated heterocycles. The maximum atomic E-state index is 13.3. The molecule has 0 saturated carbocycles. The number of hydrogen-bond acceptors (Lipinski definition) is 4. The van der Waals surface area contributed by atoms with Crippen LogP contribution < -0.4 is 5.56 Å². The average molecular weight is 394 g/mol. The molecule has 5 nitrogen and oxygen atoms in total. The minimum Gasteiger partial charge on any atom is -0.479 e. The summed E-state index contributed by atoms with van der Waals surface area (Å²) in [6.45, 7) is 1.86.